The van der Waals surface area contributed by atoms with Gasteiger partial charge in [-0.15, -0.1) is 0 Å². The number of carboxylic acids is 3. The van der Waals surface area contributed by atoms with Crippen molar-refractivity contribution >= 4 is 28.9 Å². The molecule has 4 aromatic rings. The number of H-pyrrole nitrogens is 1. The molecule has 65 heavy (non-hydrogen) atoms. The number of hydrogen-bond donors (Lipinski definition) is 6. The third-order valence-corrected chi connectivity index (χ3v) is 9.35. The Balaban J connectivity index is 0.000000443. The van der Waals surface area contributed by atoms with Crippen molar-refractivity contribution in [2.24, 2.45) is 0 Å². The largest absolute Gasteiger partial charge is 0.490 e. The minimum Gasteiger partial charge on any atom is -0.475 e. The highest BCUT2D eigenvalue weighted by atomic mass is 19.4. The van der Waals surface area contributed by atoms with E-state index in [1.807, 2.05) is 23.1 Å². The second-order valence-electron chi connectivity index (χ2n) is 14.2. The van der Waals surface area contributed by atoms with Crippen LogP contribution < -0.4 is 10.1 Å². The van der Waals surface area contributed by atoms with Gasteiger partial charge in [-0.1, -0.05) is 0 Å². The summed E-state index contributed by atoms with van der Waals surface area (Å²) in [5, 5.41) is 48.8. The van der Waals surface area contributed by atoms with Gasteiger partial charge in [0.15, 0.2) is 0 Å². The quantitative estimate of drug-likeness (QED) is 0.101. The van der Waals surface area contributed by atoms with Crippen molar-refractivity contribution in [1.82, 2.24) is 39.9 Å². The van der Waals surface area contributed by atoms with Crippen molar-refractivity contribution in [2.75, 3.05) is 19.7 Å². The van der Waals surface area contributed by atoms with Gasteiger partial charge in [0.25, 0.3) is 0 Å². The molecule has 29 heteroatoms. The zero-order valence-corrected chi connectivity index (χ0v) is 33.2. The van der Waals surface area contributed by atoms with Crippen molar-refractivity contribution in [3.05, 3.63) is 54.4 Å². The van der Waals surface area contributed by atoms with Gasteiger partial charge in [-0.25, -0.2) is 29.3 Å². The summed E-state index contributed by atoms with van der Waals surface area (Å²) in [6.45, 7) is 3.14. The van der Waals surface area contributed by atoms with Gasteiger partial charge in [-0.3, -0.25) is 9.58 Å². The van der Waals surface area contributed by atoms with E-state index in [4.69, 9.17) is 34.4 Å². The highest BCUT2D eigenvalue weighted by molar-refractivity contribution is 5.90. The molecule has 0 unspecified atom stereocenters. The minimum absolute atomic E-state index is 0.0381. The van der Waals surface area contributed by atoms with Gasteiger partial charge in [-0.2, -0.15) is 63.0 Å². The fraction of sp³-hybridized carbons (Fsp3) is 0.500. The van der Waals surface area contributed by atoms with E-state index in [9.17, 15) is 63.1 Å². The molecule has 2 aliphatic rings. The number of aromatic nitrogens is 6. The predicted molar refractivity (Wildman–Crippen MR) is 195 cm³/mol. The fourth-order valence-corrected chi connectivity index (χ4v) is 6.18. The van der Waals surface area contributed by atoms with Gasteiger partial charge >= 0.3 is 42.6 Å². The fourth-order valence-electron chi connectivity index (χ4n) is 6.18. The van der Waals surface area contributed by atoms with Gasteiger partial charge in [0.1, 0.15) is 29.3 Å². The van der Waals surface area contributed by atoms with E-state index in [0.29, 0.717) is 37.9 Å². The zero-order chi connectivity index (χ0) is 49.1. The van der Waals surface area contributed by atoms with Crippen molar-refractivity contribution in [2.45, 2.75) is 94.0 Å². The summed E-state index contributed by atoms with van der Waals surface area (Å²) in [6, 6.07) is 6.84. The lowest BCUT2D eigenvalue weighted by Crippen LogP contribution is -2.65. The number of pyridine rings is 1. The lowest BCUT2D eigenvalue weighted by atomic mass is 9.82. The van der Waals surface area contributed by atoms with Crippen molar-refractivity contribution in [3.8, 4) is 23.2 Å². The third-order valence-electron chi connectivity index (χ3n) is 9.35. The molecule has 0 aromatic carbocycles. The lowest BCUT2D eigenvalue weighted by Gasteiger charge is -2.53. The number of halogens is 12. The van der Waals surface area contributed by atoms with E-state index >= 15 is 0 Å². The average Bonchev–Trinajstić information content (AvgIpc) is 3.89. The van der Waals surface area contributed by atoms with Gasteiger partial charge in [0, 0.05) is 61.1 Å². The monoisotopic (exact) mass is 951 g/mol. The Morgan fingerprint density at radius 1 is 0.923 bits per heavy atom. The Morgan fingerprint density at radius 3 is 1.97 bits per heavy atom. The topological polar surface area (TPSA) is 253 Å². The molecule has 0 spiro atoms. The molecule has 0 bridgehead atoms. The molecular formula is C36H37F12N9O8. The number of aliphatic hydroxyl groups excluding tert-OH is 1. The van der Waals surface area contributed by atoms with Crippen LogP contribution in [0, 0.1) is 11.3 Å². The van der Waals surface area contributed by atoms with E-state index in [2.05, 4.69) is 41.3 Å². The summed E-state index contributed by atoms with van der Waals surface area (Å²) in [4.78, 5) is 44.6. The van der Waals surface area contributed by atoms with Crippen LogP contribution in [-0.4, -0.2) is 129 Å². The SMILES string of the molecule is C[C@H](CO)NCc1cc(O[C@H]2CC[C@@H](N3CC(CC#N)(n4cc(-c5ncnc6[nH]ccc56)cn4)C3)CC2)nc(C(F)(F)F)c1.O=C(O)C(F)(F)F.O=C(O)C(F)(F)F.O=C(O)C(F)(F)F. The summed E-state index contributed by atoms with van der Waals surface area (Å²) in [6.07, 6.45) is -9.69. The van der Waals surface area contributed by atoms with Crippen LogP contribution in [0.15, 0.2) is 43.1 Å². The molecule has 4 aromatic heterocycles. The number of alkyl halides is 12. The molecule has 1 aliphatic heterocycles. The highest BCUT2D eigenvalue weighted by Crippen LogP contribution is 2.39. The normalized spacial score (nSPS) is 17.9. The maximum absolute atomic E-state index is 13.5. The van der Waals surface area contributed by atoms with Crippen molar-refractivity contribution < 1.29 is 92.2 Å². The molecule has 1 saturated heterocycles. The zero-order valence-electron chi connectivity index (χ0n) is 33.2. The predicted octanol–water partition coefficient (Wildman–Crippen LogP) is 5.92. The Kier molecular flexibility index (Phi) is 17.6. The molecule has 0 radical (unpaired) electrons. The number of aliphatic carboxylic acids is 3. The van der Waals surface area contributed by atoms with Crippen LogP contribution in [-0.2, 0) is 32.6 Å². The van der Waals surface area contributed by atoms with Crippen LogP contribution in [0.25, 0.3) is 22.3 Å². The number of hydrogen-bond acceptors (Lipinski definition) is 12. The van der Waals surface area contributed by atoms with Crippen molar-refractivity contribution in [1.29, 1.82) is 5.26 Å². The lowest BCUT2D eigenvalue weighted by molar-refractivity contribution is -0.193. The summed E-state index contributed by atoms with van der Waals surface area (Å²) in [7, 11) is 0. The summed E-state index contributed by atoms with van der Waals surface area (Å²) >= 11 is 0. The first kappa shape index (κ1) is 53.1. The number of carbonyl (C=O) groups is 3. The number of carboxylic acid groups (broad SMARTS) is 3. The second-order valence-corrected chi connectivity index (χ2v) is 14.2. The number of rotatable bonds is 10. The summed E-state index contributed by atoms with van der Waals surface area (Å²) in [5.41, 5.74) is 1.34. The first-order chi connectivity index (χ1) is 30.0. The minimum atomic E-state index is -5.08. The Morgan fingerprint density at radius 2 is 1.48 bits per heavy atom. The first-order valence-corrected chi connectivity index (χ1v) is 18.4. The second kappa shape index (κ2) is 21.6. The van der Waals surface area contributed by atoms with Crippen LogP contribution in [0.5, 0.6) is 5.88 Å². The van der Waals surface area contributed by atoms with E-state index in [1.54, 1.807) is 13.1 Å². The van der Waals surface area contributed by atoms with Crippen LogP contribution in [0.3, 0.4) is 0 Å². The maximum Gasteiger partial charge on any atom is 0.490 e. The molecule has 5 heterocycles. The van der Waals surface area contributed by atoms with E-state index in [-0.39, 0.29) is 37.2 Å². The number of aliphatic hydroxyl groups is 1. The molecule has 358 valence electrons. The molecule has 6 N–H and O–H groups in total. The summed E-state index contributed by atoms with van der Waals surface area (Å²) < 4.78 is 144. The van der Waals surface area contributed by atoms with Crippen LogP contribution >= 0.6 is 0 Å². The number of ether oxygens (including phenoxy) is 1. The van der Waals surface area contributed by atoms with Gasteiger partial charge < -0.3 is 35.5 Å². The molecule has 1 aliphatic carbocycles. The number of likely N-dealkylation sites (tertiary alicyclic amines) is 1. The number of nitrogens with zero attached hydrogens (tertiary/aromatic N) is 7. The van der Waals surface area contributed by atoms with Gasteiger partial charge in [0.2, 0.25) is 5.88 Å². The smallest absolute Gasteiger partial charge is 0.475 e. The molecule has 6 rings (SSSR count). The van der Waals surface area contributed by atoms with Gasteiger partial charge in [-0.05, 0) is 50.3 Å². The first-order valence-electron chi connectivity index (χ1n) is 18.4. The van der Waals surface area contributed by atoms with Crippen LogP contribution in [0.2, 0.25) is 0 Å². The average molecular weight is 952 g/mol. The Hall–Kier alpha value is -6.28. The number of fused-ring (bicyclic) bond motifs is 1. The van der Waals surface area contributed by atoms with E-state index in [0.717, 1.165) is 41.2 Å². The van der Waals surface area contributed by atoms with E-state index < -0.39 is 53.8 Å². The van der Waals surface area contributed by atoms with Crippen LogP contribution in [0.1, 0.15) is 50.3 Å². The molecule has 1 saturated carbocycles. The molecule has 2 fully saturated rings. The Labute approximate surface area is 357 Å². The maximum atomic E-state index is 13.5. The standard InChI is InChI=1S/C30H34F3N9O2.3C2HF3O2/c1-19(15-43)36-12-20-10-25(30(31,32)33)40-26(11-20)44-23-4-2-22(3-5-23)41-16-29(17-41,7-8-34)42-14-21(13-39-42)27-24-6-9-35-28(24)38-18-37-27;3*3-2(4,5)1(6)7/h6,9-11,13-14,18-19,22-23,36,43H,2-5,7,12,15-17H2,1H3,(H,35,37,38);3*(H,6,7)/t19-,22-,23+;;;/m1.../s1. The van der Waals surface area contributed by atoms with Gasteiger partial charge in [0.05, 0.1) is 31.0 Å². The highest BCUT2D eigenvalue weighted by Gasteiger charge is 2.48. The van der Waals surface area contributed by atoms with E-state index in [1.165, 1.54) is 12.4 Å². The van der Waals surface area contributed by atoms with Crippen LogP contribution in [0.4, 0.5) is 52.7 Å². The molecule has 0 amide bonds. The molecule has 1 atom stereocenters. The number of nitrogens with one attached hydrogen (secondary N) is 2. The summed E-state index contributed by atoms with van der Waals surface area (Å²) in [5.74, 6) is -8.31. The third kappa shape index (κ3) is 15.4. The number of aromatic amines is 1. The molecule has 17 nitrogen and oxygen atoms in total. The Bertz CT molecular complexity index is 2200. The number of nitriles is 1. The van der Waals surface area contributed by atoms with Crippen molar-refractivity contribution in [3.63, 3.8) is 0 Å². The molecular weight excluding hydrogens is 914 g/mol.